The first-order valence-electron chi connectivity index (χ1n) is 6.24. The van der Waals surface area contributed by atoms with Gasteiger partial charge in [0.2, 0.25) is 5.91 Å². The van der Waals surface area contributed by atoms with Crippen LogP contribution in [-0.2, 0) is 9.53 Å². The van der Waals surface area contributed by atoms with Crippen LogP contribution in [0.2, 0.25) is 0 Å². The lowest BCUT2D eigenvalue weighted by Crippen LogP contribution is -2.52. The number of aliphatic hydroxyl groups is 1. The second kappa shape index (κ2) is 5.80. The molecule has 1 heterocycles. The summed E-state index contributed by atoms with van der Waals surface area (Å²) in [5.74, 6) is -0.0583. The molecule has 17 heavy (non-hydrogen) atoms. The van der Waals surface area contributed by atoms with Crippen molar-refractivity contribution in [1.82, 2.24) is 5.32 Å². The second-order valence-electron chi connectivity index (χ2n) is 5.13. The Labute approximate surface area is 103 Å². The fraction of sp³-hybridized carbons (Fsp3) is 0.917. The number of carbonyl (C=O) groups excluding carboxylic acids is 1. The Bertz CT molecular complexity index is 260. The Hall–Kier alpha value is -0.650. The van der Waals surface area contributed by atoms with Crippen molar-refractivity contribution < 1.29 is 14.6 Å². The normalized spacial score (nSPS) is 22.8. The number of hydrogen-bond acceptors (Lipinski definition) is 4. The molecule has 1 unspecified atom stereocenters. The minimum atomic E-state index is -0.851. The molecule has 1 saturated heterocycles. The molecule has 0 spiro atoms. The Morgan fingerprint density at radius 3 is 2.59 bits per heavy atom. The summed E-state index contributed by atoms with van der Waals surface area (Å²) in [4.78, 5) is 12.2. The SMILES string of the molecule is CCC(C)(O)CNC(=O)C1(CN)CCOCC1. The Morgan fingerprint density at radius 2 is 2.12 bits per heavy atom. The smallest absolute Gasteiger partial charge is 0.227 e. The zero-order chi connectivity index (χ0) is 12.9. The van der Waals surface area contributed by atoms with Crippen LogP contribution in [0.1, 0.15) is 33.1 Å². The summed E-state index contributed by atoms with van der Waals surface area (Å²) in [6, 6.07) is 0. The third-order valence-corrected chi connectivity index (χ3v) is 3.71. The van der Waals surface area contributed by atoms with E-state index in [2.05, 4.69) is 5.32 Å². The highest BCUT2D eigenvalue weighted by molar-refractivity contribution is 5.83. The number of rotatable bonds is 5. The van der Waals surface area contributed by atoms with Gasteiger partial charge in [-0.2, -0.15) is 0 Å². The lowest BCUT2D eigenvalue weighted by atomic mass is 9.79. The predicted octanol–water partition coefficient (Wildman–Crippen LogP) is 0.0191. The predicted molar refractivity (Wildman–Crippen MR) is 65.5 cm³/mol. The van der Waals surface area contributed by atoms with Crippen LogP contribution in [0, 0.1) is 5.41 Å². The van der Waals surface area contributed by atoms with E-state index < -0.39 is 11.0 Å². The summed E-state index contributed by atoms with van der Waals surface area (Å²) in [6.45, 7) is 5.36. The summed E-state index contributed by atoms with van der Waals surface area (Å²) in [5.41, 5.74) is 4.37. The number of hydrogen-bond donors (Lipinski definition) is 3. The van der Waals surface area contributed by atoms with E-state index in [-0.39, 0.29) is 12.5 Å². The van der Waals surface area contributed by atoms with Crippen molar-refractivity contribution in [2.75, 3.05) is 26.3 Å². The first-order chi connectivity index (χ1) is 7.96. The van der Waals surface area contributed by atoms with Crippen molar-refractivity contribution in [2.24, 2.45) is 11.1 Å². The van der Waals surface area contributed by atoms with Gasteiger partial charge in [-0.15, -0.1) is 0 Å². The molecule has 0 bridgehead atoms. The van der Waals surface area contributed by atoms with Crippen LogP contribution in [0.3, 0.4) is 0 Å². The van der Waals surface area contributed by atoms with Gasteiger partial charge in [0.25, 0.3) is 0 Å². The monoisotopic (exact) mass is 244 g/mol. The van der Waals surface area contributed by atoms with Gasteiger partial charge in [0, 0.05) is 26.3 Å². The minimum absolute atomic E-state index is 0.0583. The van der Waals surface area contributed by atoms with Crippen LogP contribution in [-0.4, -0.2) is 42.9 Å². The molecule has 4 N–H and O–H groups in total. The van der Waals surface area contributed by atoms with E-state index in [9.17, 15) is 9.90 Å². The molecule has 0 aliphatic carbocycles. The molecule has 1 rings (SSSR count). The van der Waals surface area contributed by atoms with E-state index >= 15 is 0 Å². The van der Waals surface area contributed by atoms with Gasteiger partial charge in [-0.1, -0.05) is 6.92 Å². The van der Waals surface area contributed by atoms with E-state index in [4.69, 9.17) is 10.5 Å². The Morgan fingerprint density at radius 1 is 1.53 bits per heavy atom. The van der Waals surface area contributed by atoms with Crippen molar-refractivity contribution in [3.63, 3.8) is 0 Å². The molecule has 0 aromatic heterocycles. The first-order valence-corrected chi connectivity index (χ1v) is 6.24. The van der Waals surface area contributed by atoms with Gasteiger partial charge in [0.1, 0.15) is 0 Å². The third kappa shape index (κ3) is 3.66. The number of carbonyl (C=O) groups is 1. The Kier molecular flexibility index (Phi) is 4.91. The average Bonchev–Trinajstić information content (AvgIpc) is 2.37. The maximum absolute atomic E-state index is 12.2. The fourth-order valence-electron chi connectivity index (χ4n) is 1.87. The van der Waals surface area contributed by atoms with Gasteiger partial charge in [-0.05, 0) is 26.2 Å². The van der Waals surface area contributed by atoms with Crippen molar-refractivity contribution >= 4 is 5.91 Å². The second-order valence-corrected chi connectivity index (χ2v) is 5.13. The van der Waals surface area contributed by atoms with Gasteiger partial charge >= 0.3 is 0 Å². The molecule has 5 nitrogen and oxygen atoms in total. The number of nitrogens with two attached hydrogens (primary N) is 1. The zero-order valence-electron chi connectivity index (χ0n) is 10.8. The molecule has 0 saturated carbocycles. The fourth-order valence-corrected chi connectivity index (χ4v) is 1.87. The van der Waals surface area contributed by atoms with E-state index in [0.717, 1.165) is 0 Å². The summed E-state index contributed by atoms with van der Waals surface area (Å²) >= 11 is 0. The van der Waals surface area contributed by atoms with Crippen LogP contribution in [0.25, 0.3) is 0 Å². The summed E-state index contributed by atoms with van der Waals surface area (Å²) in [7, 11) is 0. The first kappa shape index (κ1) is 14.4. The molecule has 1 atom stereocenters. The number of nitrogens with one attached hydrogen (secondary N) is 1. The standard InChI is InChI=1S/C12H24N2O3/c1-3-11(2,16)9-14-10(15)12(8-13)4-6-17-7-5-12/h16H,3-9,13H2,1-2H3,(H,14,15). The third-order valence-electron chi connectivity index (χ3n) is 3.71. The quantitative estimate of drug-likeness (QED) is 0.636. The van der Waals surface area contributed by atoms with Crippen molar-refractivity contribution in [3.05, 3.63) is 0 Å². The van der Waals surface area contributed by atoms with Crippen LogP contribution >= 0.6 is 0 Å². The Balaban J connectivity index is 2.55. The molecule has 0 radical (unpaired) electrons. The van der Waals surface area contributed by atoms with Gasteiger partial charge in [0.15, 0.2) is 0 Å². The highest BCUT2D eigenvalue weighted by atomic mass is 16.5. The van der Waals surface area contributed by atoms with Crippen LogP contribution in [0.4, 0.5) is 0 Å². The van der Waals surface area contributed by atoms with E-state index in [1.165, 1.54) is 0 Å². The van der Waals surface area contributed by atoms with Crippen molar-refractivity contribution in [2.45, 2.75) is 38.7 Å². The van der Waals surface area contributed by atoms with Crippen LogP contribution in [0.15, 0.2) is 0 Å². The van der Waals surface area contributed by atoms with E-state index in [1.54, 1.807) is 6.92 Å². The maximum atomic E-state index is 12.2. The lowest BCUT2D eigenvalue weighted by Gasteiger charge is -2.35. The summed E-state index contributed by atoms with van der Waals surface area (Å²) in [6.07, 6.45) is 1.92. The molecule has 1 aliphatic heterocycles. The van der Waals surface area contributed by atoms with Gasteiger partial charge in [-0.3, -0.25) is 4.79 Å². The molecule has 100 valence electrons. The van der Waals surface area contributed by atoms with Gasteiger partial charge < -0.3 is 20.9 Å². The topological polar surface area (TPSA) is 84.6 Å². The minimum Gasteiger partial charge on any atom is -0.388 e. The number of ether oxygens (including phenoxy) is 1. The molecular weight excluding hydrogens is 220 g/mol. The molecule has 5 heteroatoms. The zero-order valence-corrected chi connectivity index (χ0v) is 10.8. The molecule has 1 fully saturated rings. The molecule has 0 aromatic carbocycles. The van der Waals surface area contributed by atoms with E-state index in [1.807, 2.05) is 6.92 Å². The largest absolute Gasteiger partial charge is 0.388 e. The van der Waals surface area contributed by atoms with Crippen LogP contribution < -0.4 is 11.1 Å². The highest BCUT2D eigenvalue weighted by Crippen LogP contribution is 2.29. The van der Waals surface area contributed by atoms with Crippen LogP contribution in [0.5, 0.6) is 0 Å². The molecule has 1 amide bonds. The average molecular weight is 244 g/mol. The highest BCUT2D eigenvalue weighted by Gasteiger charge is 2.39. The molecule has 0 aromatic rings. The molecular formula is C12H24N2O3. The number of amides is 1. The lowest BCUT2D eigenvalue weighted by molar-refractivity contribution is -0.137. The van der Waals surface area contributed by atoms with Crippen molar-refractivity contribution in [3.8, 4) is 0 Å². The summed E-state index contributed by atoms with van der Waals surface area (Å²) < 4.78 is 5.26. The van der Waals surface area contributed by atoms with Crippen molar-refractivity contribution in [1.29, 1.82) is 0 Å². The van der Waals surface area contributed by atoms with Gasteiger partial charge in [-0.25, -0.2) is 0 Å². The summed E-state index contributed by atoms with van der Waals surface area (Å²) in [5, 5.41) is 12.7. The maximum Gasteiger partial charge on any atom is 0.227 e. The molecule has 1 aliphatic rings. The van der Waals surface area contributed by atoms with Gasteiger partial charge in [0.05, 0.1) is 11.0 Å². The van der Waals surface area contributed by atoms with E-state index in [0.29, 0.717) is 39.0 Å².